The Bertz CT molecular complexity index is 831. The molecule has 1 atom stereocenters. The van der Waals surface area contributed by atoms with Crippen molar-refractivity contribution in [3.05, 3.63) is 58.6 Å². The molecule has 0 spiro atoms. The maximum Gasteiger partial charge on any atom is 0.319 e. The molecule has 1 saturated heterocycles. The van der Waals surface area contributed by atoms with Crippen molar-refractivity contribution in [2.24, 2.45) is 0 Å². The summed E-state index contributed by atoms with van der Waals surface area (Å²) in [5, 5.41) is 5.04. The Morgan fingerprint density at radius 2 is 2.00 bits per heavy atom. The van der Waals surface area contributed by atoms with Crippen molar-refractivity contribution in [3.63, 3.8) is 0 Å². The summed E-state index contributed by atoms with van der Waals surface area (Å²) in [7, 11) is 0. The van der Waals surface area contributed by atoms with Gasteiger partial charge in [0.15, 0.2) is 0 Å². The van der Waals surface area contributed by atoms with E-state index in [4.69, 9.17) is 0 Å². The van der Waals surface area contributed by atoms with Crippen LogP contribution in [0.2, 0.25) is 0 Å². The molecule has 0 aliphatic carbocycles. The number of nitrogens with zero attached hydrogens (tertiary/aromatic N) is 1. The SMILES string of the molecule is O=C(Nc1ccc(Br)cc1F)N[C@@H]1CC(=O)N(c2cccc(F)c2)C1. The lowest BCUT2D eigenvalue weighted by atomic mass is 10.2. The fourth-order valence-electron chi connectivity index (χ4n) is 2.63. The number of halogens is 3. The highest BCUT2D eigenvalue weighted by Gasteiger charge is 2.31. The number of benzene rings is 2. The van der Waals surface area contributed by atoms with E-state index in [1.54, 1.807) is 12.1 Å². The molecule has 1 aliphatic heterocycles. The van der Waals surface area contributed by atoms with Crippen molar-refractivity contribution in [2.45, 2.75) is 12.5 Å². The lowest BCUT2D eigenvalue weighted by molar-refractivity contribution is -0.117. The number of amides is 3. The zero-order chi connectivity index (χ0) is 18.0. The summed E-state index contributed by atoms with van der Waals surface area (Å²) in [6, 6.07) is 8.90. The van der Waals surface area contributed by atoms with Gasteiger partial charge in [-0.05, 0) is 36.4 Å². The second-order valence-corrected chi connectivity index (χ2v) is 6.52. The van der Waals surface area contributed by atoms with Crippen LogP contribution in [-0.2, 0) is 4.79 Å². The fraction of sp³-hybridized carbons (Fsp3) is 0.176. The second-order valence-electron chi connectivity index (χ2n) is 5.61. The van der Waals surface area contributed by atoms with E-state index in [-0.39, 0.29) is 24.6 Å². The largest absolute Gasteiger partial charge is 0.333 e. The number of hydrogen-bond acceptors (Lipinski definition) is 2. The molecule has 2 N–H and O–H groups in total. The van der Waals surface area contributed by atoms with E-state index in [0.717, 1.165) is 0 Å². The van der Waals surface area contributed by atoms with Gasteiger partial charge in [0.05, 0.1) is 11.7 Å². The van der Waals surface area contributed by atoms with Crippen LogP contribution in [0.5, 0.6) is 0 Å². The number of rotatable bonds is 3. The molecule has 3 rings (SSSR count). The molecule has 3 amide bonds. The van der Waals surface area contributed by atoms with Gasteiger partial charge in [-0.1, -0.05) is 22.0 Å². The molecule has 0 aromatic heterocycles. The van der Waals surface area contributed by atoms with Gasteiger partial charge in [-0.15, -0.1) is 0 Å². The van der Waals surface area contributed by atoms with Crippen molar-refractivity contribution in [2.75, 3.05) is 16.8 Å². The predicted octanol–water partition coefficient (Wildman–Crippen LogP) is 3.65. The summed E-state index contributed by atoms with van der Waals surface area (Å²) in [5.41, 5.74) is 0.473. The van der Waals surface area contributed by atoms with Crippen molar-refractivity contribution < 1.29 is 18.4 Å². The molecular formula is C17H14BrF2N3O2. The summed E-state index contributed by atoms with van der Waals surface area (Å²) in [6.07, 6.45) is 0.0900. The number of anilines is 2. The van der Waals surface area contributed by atoms with Crippen molar-refractivity contribution >= 4 is 39.2 Å². The Kier molecular flexibility index (Phi) is 4.98. The summed E-state index contributed by atoms with van der Waals surface area (Å²) in [5.74, 6) is -1.23. The van der Waals surface area contributed by atoms with Gasteiger partial charge in [-0.3, -0.25) is 4.79 Å². The van der Waals surface area contributed by atoms with E-state index in [0.29, 0.717) is 10.2 Å². The monoisotopic (exact) mass is 409 g/mol. The zero-order valence-electron chi connectivity index (χ0n) is 12.9. The topological polar surface area (TPSA) is 61.4 Å². The maximum absolute atomic E-state index is 13.7. The average Bonchev–Trinajstić information content (AvgIpc) is 2.90. The average molecular weight is 410 g/mol. The minimum absolute atomic E-state index is 0.0343. The molecule has 0 saturated carbocycles. The summed E-state index contributed by atoms with van der Waals surface area (Å²) < 4.78 is 27.6. The van der Waals surface area contributed by atoms with Crippen LogP contribution in [0.15, 0.2) is 46.9 Å². The smallest absolute Gasteiger partial charge is 0.319 e. The molecule has 0 bridgehead atoms. The van der Waals surface area contributed by atoms with Crippen LogP contribution in [-0.4, -0.2) is 24.5 Å². The fourth-order valence-corrected chi connectivity index (χ4v) is 2.97. The predicted molar refractivity (Wildman–Crippen MR) is 93.4 cm³/mol. The number of urea groups is 1. The van der Waals surface area contributed by atoms with E-state index in [1.165, 1.54) is 35.2 Å². The number of nitrogens with one attached hydrogen (secondary N) is 2. The molecule has 25 heavy (non-hydrogen) atoms. The summed E-state index contributed by atoms with van der Waals surface area (Å²) in [6.45, 7) is 0.221. The Hall–Kier alpha value is -2.48. The van der Waals surface area contributed by atoms with Gasteiger partial charge in [0.1, 0.15) is 11.6 Å². The second kappa shape index (κ2) is 7.18. The number of carbonyl (C=O) groups is 2. The molecule has 1 aliphatic rings. The van der Waals surface area contributed by atoms with Crippen LogP contribution in [0.1, 0.15) is 6.42 Å². The van der Waals surface area contributed by atoms with E-state index in [2.05, 4.69) is 26.6 Å². The van der Waals surface area contributed by atoms with Crippen molar-refractivity contribution in [1.29, 1.82) is 0 Å². The first-order chi connectivity index (χ1) is 11.9. The third kappa shape index (κ3) is 4.14. The lowest BCUT2D eigenvalue weighted by Gasteiger charge is -2.17. The first-order valence-electron chi connectivity index (χ1n) is 7.51. The van der Waals surface area contributed by atoms with Gasteiger partial charge >= 0.3 is 6.03 Å². The third-order valence-corrected chi connectivity index (χ3v) is 4.25. The van der Waals surface area contributed by atoms with Crippen LogP contribution in [0.25, 0.3) is 0 Å². The van der Waals surface area contributed by atoms with E-state index < -0.39 is 23.7 Å². The van der Waals surface area contributed by atoms with E-state index in [9.17, 15) is 18.4 Å². The highest BCUT2D eigenvalue weighted by atomic mass is 79.9. The Labute approximate surface area is 151 Å². The van der Waals surface area contributed by atoms with Gasteiger partial charge < -0.3 is 15.5 Å². The zero-order valence-corrected chi connectivity index (χ0v) is 14.5. The van der Waals surface area contributed by atoms with E-state index in [1.807, 2.05) is 0 Å². The van der Waals surface area contributed by atoms with Crippen LogP contribution in [0, 0.1) is 11.6 Å². The Morgan fingerprint density at radius 1 is 1.20 bits per heavy atom. The van der Waals surface area contributed by atoms with Crippen LogP contribution < -0.4 is 15.5 Å². The van der Waals surface area contributed by atoms with Crippen molar-refractivity contribution in [3.8, 4) is 0 Å². The summed E-state index contributed by atoms with van der Waals surface area (Å²) in [4.78, 5) is 25.5. The third-order valence-electron chi connectivity index (χ3n) is 3.76. The molecule has 1 fully saturated rings. The van der Waals surface area contributed by atoms with Crippen molar-refractivity contribution in [1.82, 2.24) is 5.32 Å². The normalized spacial score (nSPS) is 16.8. The first kappa shape index (κ1) is 17.3. The molecule has 8 heteroatoms. The van der Waals surface area contributed by atoms with Gasteiger partial charge in [0, 0.05) is 23.1 Å². The molecule has 1 heterocycles. The lowest BCUT2D eigenvalue weighted by Crippen LogP contribution is -2.39. The Balaban J connectivity index is 1.62. The highest BCUT2D eigenvalue weighted by molar-refractivity contribution is 9.10. The highest BCUT2D eigenvalue weighted by Crippen LogP contribution is 2.23. The first-order valence-corrected chi connectivity index (χ1v) is 8.30. The quantitative estimate of drug-likeness (QED) is 0.812. The standard InChI is InChI=1S/C17H14BrF2N3O2/c18-10-4-5-15(14(20)6-10)22-17(25)21-12-8-16(24)23(9-12)13-3-1-2-11(19)7-13/h1-7,12H,8-9H2,(H2,21,22,25)/t12-/m1/s1. The van der Waals surface area contributed by atoms with Crippen LogP contribution >= 0.6 is 15.9 Å². The number of hydrogen-bond donors (Lipinski definition) is 2. The molecule has 5 nitrogen and oxygen atoms in total. The number of carbonyl (C=O) groups excluding carboxylic acids is 2. The van der Waals surface area contributed by atoms with E-state index >= 15 is 0 Å². The van der Waals surface area contributed by atoms with Crippen LogP contribution in [0.3, 0.4) is 0 Å². The minimum Gasteiger partial charge on any atom is -0.333 e. The summed E-state index contributed by atoms with van der Waals surface area (Å²) >= 11 is 3.14. The molecule has 2 aromatic carbocycles. The molecule has 2 aromatic rings. The Morgan fingerprint density at radius 3 is 2.72 bits per heavy atom. The molecular weight excluding hydrogens is 396 g/mol. The molecule has 0 radical (unpaired) electrons. The van der Waals surface area contributed by atoms with Gasteiger partial charge in [0.25, 0.3) is 0 Å². The van der Waals surface area contributed by atoms with Gasteiger partial charge in [-0.2, -0.15) is 0 Å². The molecule has 0 unspecified atom stereocenters. The van der Waals surface area contributed by atoms with Gasteiger partial charge in [0.2, 0.25) is 5.91 Å². The minimum atomic E-state index is -0.611. The molecule has 130 valence electrons. The van der Waals surface area contributed by atoms with Crippen LogP contribution in [0.4, 0.5) is 25.0 Å². The maximum atomic E-state index is 13.7. The van der Waals surface area contributed by atoms with Gasteiger partial charge in [-0.25, -0.2) is 13.6 Å².